The van der Waals surface area contributed by atoms with Gasteiger partial charge >= 0.3 is 0 Å². The lowest BCUT2D eigenvalue weighted by molar-refractivity contribution is 0.626. The van der Waals surface area contributed by atoms with Crippen LogP contribution in [-0.2, 0) is 0 Å². The normalized spacial score (nSPS) is 17.7. The lowest BCUT2D eigenvalue weighted by Gasteiger charge is -2.22. The van der Waals surface area contributed by atoms with Gasteiger partial charge in [0.25, 0.3) is 0 Å². The van der Waals surface area contributed by atoms with Gasteiger partial charge < -0.3 is 0 Å². The largest absolute Gasteiger partial charge is 0.143 e. The minimum Gasteiger partial charge on any atom is -0.143 e. The molecule has 23 heavy (non-hydrogen) atoms. The van der Waals surface area contributed by atoms with E-state index in [1.807, 2.05) is 11.3 Å². The number of thiophene rings is 1. The summed E-state index contributed by atoms with van der Waals surface area (Å²) < 4.78 is 0. The molecule has 0 bridgehead atoms. The quantitative estimate of drug-likeness (QED) is 0.500. The van der Waals surface area contributed by atoms with E-state index in [1.54, 1.807) is 0 Å². The highest BCUT2D eigenvalue weighted by atomic mass is 32.1. The molecule has 1 atom stereocenters. The molecule has 1 aliphatic rings. The van der Waals surface area contributed by atoms with Gasteiger partial charge in [0, 0.05) is 4.88 Å². The number of rotatable bonds is 3. The zero-order chi connectivity index (χ0) is 15.5. The summed E-state index contributed by atoms with van der Waals surface area (Å²) in [4.78, 5) is 1.37. The number of hydrogen-bond acceptors (Lipinski definition) is 1. The molecular formula is C22H20S. The third-order valence-electron chi connectivity index (χ3n) is 4.71. The van der Waals surface area contributed by atoms with Crippen LogP contribution >= 0.6 is 11.3 Å². The number of benzene rings is 2. The second-order valence-electron chi connectivity index (χ2n) is 6.18. The van der Waals surface area contributed by atoms with Crippen LogP contribution in [-0.4, -0.2) is 0 Å². The van der Waals surface area contributed by atoms with Crippen LogP contribution in [0.15, 0.2) is 78.2 Å². The SMILES string of the molecule is C1=C(c2csc(-c3ccccc3)c2)CCC(c2ccccc2)C1. The monoisotopic (exact) mass is 316 g/mol. The Kier molecular flexibility index (Phi) is 4.12. The molecule has 0 saturated heterocycles. The van der Waals surface area contributed by atoms with E-state index in [0.29, 0.717) is 5.92 Å². The minimum absolute atomic E-state index is 0.687. The Labute approximate surface area is 142 Å². The molecule has 0 amide bonds. The average molecular weight is 316 g/mol. The van der Waals surface area contributed by atoms with E-state index in [-0.39, 0.29) is 0 Å². The second kappa shape index (κ2) is 6.55. The Morgan fingerprint density at radius 3 is 2.26 bits per heavy atom. The second-order valence-corrected chi connectivity index (χ2v) is 7.09. The van der Waals surface area contributed by atoms with Crippen molar-refractivity contribution in [2.75, 3.05) is 0 Å². The van der Waals surface area contributed by atoms with Crippen LogP contribution < -0.4 is 0 Å². The minimum atomic E-state index is 0.687. The standard InChI is InChI=1S/C22H20S/c1-3-7-17(8-4-1)18-11-13-19(14-12-18)21-15-22(23-16-21)20-9-5-2-6-10-20/h1-10,13,15-16,18H,11-12,14H2. The summed E-state index contributed by atoms with van der Waals surface area (Å²) in [6, 6.07) is 24.0. The summed E-state index contributed by atoms with van der Waals surface area (Å²) in [5.41, 5.74) is 5.75. The summed E-state index contributed by atoms with van der Waals surface area (Å²) in [5, 5.41) is 2.32. The molecule has 1 unspecified atom stereocenters. The predicted molar refractivity (Wildman–Crippen MR) is 101 cm³/mol. The summed E-state index contributed by atoms with van der Waals surface area (Å²) in [6.07, 6.45) is 6.06. The predicted octanol–water partition coefficient (Wildman–Crippen LogP) is 6.77. The van der Waals surface area contributed by atoms with Crippen molar-refractivity contribution in [2.24, 2.45) is 0 Å². The van der Waals surface area contributed by atoms with E-state index in [2.05, 4.69) is 78.2 Å². The maximum Gasteiger partial charge on any atom is 0.0348 e. The van der Waals surface area contributed by atoms with E-state index in [1.165, 1.54) is 40.0 Å². The third kappa shape index (κ3) is 3.16. The number of allylic oxidation sites excluding steroid dienone is 2. The molecule has 0 radical (unpaired) electrons. The average Bonchev–Trinajstić information content (AvgIpc) is 3.14. The Bertz CT molecular complexity index is 796. The van der Waals surface area contributed by atoms with Gasteiger partial charge in [0.15, 0.2) is 0 Å². The zero-order valence-corrected chi connectivity index (χ0v) is 13.9. The molecule has 0 saturated carbocycles. The van der Waals surface area contributed by atoms with E-state index in [4.69, 9.17) is 0 Å². The van der Waals surface area contributed by atoms with Gasteiger partial charge in [0.2, 0.25) is 0 Å². The van der Waals surface area contributed by atoms with Gasteiger partial charge in [-0.15, -0.1) is 11.3 Å². The topological polar surface area (TPSA) is 0 Å². The molecule has 0 aliphatic heterocycles. The summed E-state index contributed by atoms with van der Waals surface area (Å²) in [6.45, 7) is 0. The molecule has 0 fully saturated rings. The lowest BCUT2D eigenvalue weighted by Crippen LogP contribution is -2.03. The maximum atomic E-state index is 2.46. The van der Waals surface area contributed by atoms with Crippen molar-refractivity contribution in [3.05, 3.63) is 89.3 Å². The third-order valence-corrected chi connectivity index (χ3v) is 5.69. The molecule has 0 spiro atoms. The van der Waals surface area contributed by atoms with Crippen molar-refractivity contribution in [1.82, 2.24) is 0 Å². The van der Waals surface area contributed by atoms with Gasteiger partial charge in [-0.2, -0.15) is 0 Å². The van der Waals surface area contributed by atoms with Gasteiger partial charge in [0.05, 0.1) is 0 Å². The van der Waals surface area contributed by atoms with Crippen molar-refractivity contribution in [1.29, 1.82) is 0 Å². The van der Waals surface area contributed by atoms with Gasteiger partial charge in [0.1, 0.15) is 0 Å². The molecule has 2 aromatic carbocycles. The molecule has 1 aromatic heterocycles. The van der Waals surface area contributed by atoms with Crippen molar-refractivity contribution in [3.8, 4) is 10.4 Å². The van der Waals surface area contributed by atoms with E-state index in [9.17, 15) is 0 Å². The fraction of sp³-hybridized carbons (Fsp3) is 0.182. The van der Waals surface area contributed by atoms with Crippen molar-refractivity contribution in [2.45, 2.75) is 25.2 Å². The fourth-order valence-electron chi connectivity index (χ4n) is 3.38. The van der Waals surface area contributed by atoms with Crippen LogP contribution in [0.5, 0.6) is 0 Å². The molecule has 0 nitrogen and oxygen atoms in total. The first-order valence-corrected chi connectivity index (χ1v) is 9.16. The molecular weight excluding hydrogens is 296 g/mol. The highest BCUT2D eigenvalue weighted by Gasteiger charge is 2.17. The first kappa shape index (κ1) is 14.5. The van der Waals surface area contributed by atoms with Crippen LogP contribution in [0, 0.1) is 0 Å². The molecule has 1 aliphatic carbocycles. The molecule has 0 N–H and O–H groups in total. The first-order chi connectivity index (χ1) is 11.4. The van der Waals surface area contributed by atoms with E-state index < -0.39 is 0 Å². The number of hydrogen-bond donors (Lipinski definition) is 0. The van der Waals surface area contributed by atoms with Gasteiger partial charge in [-0.3, -0.25) is 0 Å². The van der Waals surface area contributed by atoms with E-state index in [0.717, 1.165) is 6.42 Å². The van der Waals surface area contributed by atoms with Crippen molar-refractivity contribution in [3.63, 3.8) is 0 Å². The van der Waals surface area contributed by atoms with Crippen LogP contribution in [0.2, 0.25) is 0 Å². The van der Waals surface area contributed by atoms with Crippen LogP contribution in [0.25, 0.3) is 16.0 Å². The zero-order valence-electron chi connectivity index (χ0n) is 13.1. The van der Waals surface area contributed by atoms with Crippen LogP contribution in [0.4, 0.5) is 0 Å². The molecule has 4 rings (SSSR count). The Balaban J connectivity index is 1.52. The van der Waals surface area contributed by atoms with Crippen LogP contribution in [0.3, 0.4) is 0 Å². The van der Waals surface area contributed by atoms with E-state index >= 15 is 0 Å². The highest BCUT2D eigenvalue weighted by Crippen LogP contribution is 2.38. The highest BCUT2D eigenvalue weighted by molar-refractivity contribution is 7.13. The van der Waals surface area contributed by atoms with Gasteiger partial charge in [-0.25, -0.2) is 0 Å². The van der Waals surface area contributed by atoms with Gasteiger partial charge in [-0.1, -0.05) is 66.7 Å². The fourth-order valence-corrected chi connectivity index (χ4v) is 4.32. The summed E-state index contributed by atoms with van der Waals surface area (Å²) >= 11 is 1.85. The van der Waals surface area contributed by atoms with Crippen LogP contribution in [0.1, 0.15) is 36.3 Å². The van der Waals surface area contributed by atoms with Gasteiger partial charge in [-0.05, 0) is 58.9 Å². The Hall–Kier alpha value is -2.12. The summed E-state index contributed by atoms with van der Waals surface area (Å²) in [7, 11) is 0. The Morgan fingerprint density at radius 1 is 0.826 bits per heavy atom. The molecule has 1 heterocycles. The van der Waals surface area contributed by atoms with Crippen molar-refractivity contribution >= 4 is 16.9 Å². The smallest absolute Gasteiger partial charge is 0.0348 e. The summed E-state index contributed by atoms with van der Waals surface area (Å²) in [5.74, 6) is 0.687. The molecule has 3 aromatic rings. The molecule has 1 heteroatoms. The molecule has 114 valence electrons. The maximum absolute atomic E-state index is 2.46. The first-order valence-electron chi connectivity index (χ1n) is 8.28. The van der Waals surface area contributed by atoms with Crippen molar-refractivity contribution < 1.29 is 0 Å². The Morgan fingerprint density at radius 2 is 1.57 bits per heavy atom. The lowest BCUT2D eigenvalue weighted by atomic mass is 9.83.